The lowest BCUT2D eigenvalue weighted by atomic mass is 9.72. The molecule has 0 saturated heterocycles. The number of nitrogens with zero attached hydrogens (tertiary/aromatic N) is 3. The van der Waals surface area contributed by atoms with Gasteiger partial charge in [-0.3, -0.25) is 4.99 Å². The lowest BCUT2D eigenvalue weighted by Gasteiger charge is -2.33. The van der Waals surface area contributed by atoms with Gasteiger partial charge in [-0.1, -0.05) is 373 Å². The van der Waals surface area contributed by atoms with Gasteiger partial charge in [-0.25, -0.2) is 9.15 Å². The molecule has 0 amide bonds. The summed E-state index contributed by atoms with van der Waals surface area (Å²) < 4.78 is 4.72. The van der Waals surface area contributed by atoms with Gasteiger partial charge in [0.2, 0.25) is 0 Å². The zero-order chi connectivity index (χ0) is 101. The third-order valence-electron chi connectivity index (χ3n) is 27.9. The fraction of sp³-hybridized carbons (Fsp3) is 0.492. The molecule has 1 atom stereocenters. The van der Waals surface area contributed by atoms with Crippen LogP contribution in [0.5, 0.6) is 0 Å². The van der Waals surface area contributed by atoms with Crippen molar-refractivity contribution in [1.82, 2.24) is 5.32 Å². The van der Waals surface area contributed by atoms with Gasteiger partial charge in [-0.2, -0.15) is 0 Å². The van der Waals surface area contributed by atoms with Gasteiger partial charge >= 0.3 is 0 Å². The first kappa shape index (κ1) is 119. The molecule has 1 unspecified atom stereocenters. The Morgan fingerprint density at radius 3 is 1.01 bits per heavy atom. The van der Waals surface area contributed by atoms with Gasteiger partial charge in [0.1, 0.15) is 13.1 Å². The summed E-state index contributed by atoms with van der Waals surface area (Å²) in [5.41, 5.74) is 34.9. The number of aliphatic imine (C=N–C) groups is 1. The molecule has 7 aliphatic rings. The van der Waals surface area contributed by atoms with Gasteiger partial charge in [-0.05, 0) is 356 Å². The van der Waals surface area contributed by atoms with Crippen LogP contribution in [0.15, 0.2) is 383 Å². The largest absolute Gasteiger partial charge is 0.391 e. The van der Waals surface area contributed by atoms with E-state index in [0.717, 1.165) is 69.4 Å². The maximum Gasteiger partial charge on any atom is 0.175 e. The molecule has 7 rings (SSSR count). The molecule has 6 aliphatic carbocycles. The van der Waals surface area contributed by atoms with E-state index in [9.17, 15) is 0 Å². The van der Waals surface area contributed by atoms with Crippen molar-refractivity contribution in [3.63, 3.8) is 0 Å². The van der Waals surface area contributed by atoms with Crippen LogP contribution in [-0.2, 0) is 0 Å². The molecular weight excluding hydrogens is 1640 g/mol. The quantitative estimate of drug-likeness (QED) is 0.0283. The number of rotatable bonds is 39. The predicted molar refractivity (Wildman–Crippen MR) is 613 cm³/mol. The van der Waals surface area contributed by atoms with Gasteiger partial charge in [-0.15, -0.1) is 0 Å². The Hall–Kier alpha value is -9.51. The monoisotopic (exact) mass is 1840 g/mol. The van der Waals surface area contributed by atoms with Crippen molar-refractivity contribution in [1.29, 1.82) is 0 Å². The molecule has 0 fully saturated rings. The summed E-state index contributed by atoms with van der Waals surface area (Å²) in [6.45, 7) is 82.8. The molecule has 1 heterocycles. The standard InChI is InChI=1S/2C43H62N.2C23H35N/c1-11-29-44-30-26-38(21-13-17-34(3)23-25-41-37(6)20-15-28-43(41,9)10)32-39(44)31-35(4)18-12-16-33(2)22-24-40-36(5)19-14-27-42(40,7)8;1-12-31-44(32-27-36(4)19-13-17-34(2)23-25-40-38(6)21-15-29-42(40,8)9)33-28-37(5)20-14-18-35(3)24-26-41-39(7)22-16-30-43(41,10)11;2*1-7-17-24-18-15-20(3)11-8-10-19(2)13-14-22-21(4)12-9-16-23(22,5)6/h12-13,16-18,21-26,30-31,39H,11,14-15,19-20,27-29,32H2,1-10H3;13-14,17-20,23-28,32-33H,4,12,15-16,21-22,29-31H2,1-3,5-11H3;8,10-11,13-15,18H,7,9,12,16-17H2,1-6H3;8,10-11,13-15,18,24H,3,7,9,12,16-17H2,1-2,4-6H3/q2*+1;;/b18-12+,21-13+,24-22+,25-23+,33-16+,34-17+,35-31+;19-13+,20-14+,25-23+,26-24+,32-27-,34-17+,35-18+,37-28+,44-33-;11-8+,14-13+,19-10+,20-15+,24-18?;11-8+,14-13+,18-15-,19-10+. The highest BCUT2D eigenvalue weighted by atomic mass is 15.0. The van der Waals surface area contributed by atoms with Gasteiger partial charge in [0.25, 0.3) is 0 Å². The third kappa shape index (κ3) is 45.8. The fourth-order valence-corrected chi connectivity index (χ4v) is 19.4. The molecule has 0 spiro atoms. The van der Waals surface area contributed by atoms with Crippen molar-refractivity contribution in [2.24, 2.45) is 37.5 Å². The van der Waals surface area contributed by atoms with Crippen LogP contribution in [0.1, 0.15) is 362 Å². The van der Waals surface area contributed by atoms with Gasteiger partial charge in [0, 0.05) is 56.8 Å². The van der Waals surface area contributed by atoms with Crippen molar-refractivity contribution in [2.75, 3.05) is 26.2 Å². The highest BCUT2D eigenvalue weighted by molar-refractivity contribution is 5.73. The Balaban J connectivity index is 0.000000394. The molecule has 0 radical (unpaired) electrons. The summed E-state index contributed by atoms with van der Waals surface area (Å²) in [5, 5.41) is 3.23. The highest BCUT2D eigenvalue weighted by Gasteiger charge is 2.32. The third-order valence-corrected chi connectivity index (χ3v) is 27.9. The predicted octanol–water partition coefficient (Wildman–Crippen LogP) is 38.6. The van der Waals surface area contributed by atoms with E-state index in [0.29, 0.717) is 16.9 Å². The van der Waals surface area contributed by atoms with Crippen molar-refractivity contribution in [2.45, 2.75) is 368 Å². The van der Waals surface area contributed by atoms with E-state index in [4.69, 9.17) is 0 Å². The van der Waals surface area contributed by atoms with Crippen LogP contribution < -0.4 is 5.32 Å². The van der Waals surface area contributed by atoms with Crippen molar-refractivity contribution in [3.05, 3.63) is 378 Å². The molecule has 136 heavy (non-hydrogen) atoms. The lowest BCUT2D eigenvalue weighted by molar-refractivity contribution is -0.550. The molecule has 0 aromatic carbocycles. The van der Waals surface area contributed by atoms with Crippen LogP contribution in [0.25, 0.3) is 0 Å². The normalized spacial score (nSPS) is 21.4. The Kier molecular flexibility index (Phi) is 53.9. The first-order chi connectivity index (χ1) is 64.3. The molecule has 0 bridgehead atoms. The molecule has 1 aliphatic heterocycles. The van der Waals surface area contributed by atoms with E-state index in [1.54, 1.807) is 27.9 Å². The van der Waals surface area contributed by atoms with Crippen LogP contribution in [-0.4, -0.2) is 60.0 Å². The summed E-state index contributed by atoms with van der Waals surface area (Å²) in [6.07, 6.45) is 119. The second-order valence-corrected chi connectivity index (χ2v) is 44.0. The minimum Gasteiger partial charge on any atom is -0.391 e. The van der Waals surface area contributed by atoms with Crippen LogP contribution in [0, 0.1) is 32.5 Å². The molecular formula is C132H194N4+2. The smallest absolute Gasteiger partial charge is 0.175 e. The summed E-state index contributed by atoms with van der Waals surface area (Å²) >= 11 is 0. The van der Waals surface area contributed by atoms with Crippen LogP contribution >= 0.6 is 0 Å². The lowest BCUT2D eigenvalue weighted by Crippen LogP contribution is -2.29. The Labute approximate surface area is 837 Å². The van der Waals surface area contributed by atoms with E-state index in [2.05, 4.69) is 472 Å². The second kappa shape index (κ2) is 61.7. The average Bonchev–Trinajstić information content (AvgIpc) is 0.838. The SMILES string of the molecule is C=C(/C=C\NCCC)/C=C/C=C(C)/C=C/C1=C(C)CCCC1(C)C.C=C(\C=C/[N+](=C\C=C(C)\C=C\C=C(C)\C=C\C1=C(C)CCCC1(C)C)CCC)/C=C/C=C(C)/C=C/C1=C(C)CCCC1(C)C.CCCN=C/C=C(C)/C=C/C=C(C)/C=C/C1=C(C)CCCC1(C)C.CCC[N+]1=CC=C(/C=C/C=C(C)/C=C/C2=C(C)CCCC2(C)C)CC1/C=C(C)/C=C/C=C(C)/C=C/C1=C(C)CCCC1(C)C. The van der Waals surface area contributed by atoms with E-state index in [1.807, 2.05) is 24.6 Å². The molecule has 0 aromatic heterocycles. The molecule has 0 saturated carbocycles. The summed E-state index contributed by atoms with van der Waals surface area (Å²) in [5.74, 6) is 0. The van der Waals surface area contributed by atoms with E-state index >= 15 is 0 Å². The topological polar surface area (TPSA) is 30.4 Å². The molecule has 0 aromatic rings. The highest BCUT2D eigenvalue weighted by Crippen LogP contribution is 2.46. The number of allylic oxidation sites excluding steroid dienone is 58. The fourth-order valence-electron chi connectivity index (χ4n) is 19.4. The van der Waals surface area contributed by atoms with Crippen molar-refractivity contribution < 1.29 is 9.15 Å². The van der Waals surface area contributed by atoms with Gasteiger partial charge < -0.3 is 5.32 Å². The van der Waals surface area contributed by atoms with E-state index < -0.39 is 0 Å². The number of hydrogen-bond donors (Lipinski definition) is 1. The van der Waals surface area contributed by atoms with Gasteiger partial charge in [0.05, 0.1) is 0 Å². The van der Waals surface area contributed by atoms with Crippen LogP contribution in [0.2, 0.25) is 0 Å². The Morgan fingerprint density at radius 2 is 0.684 bits per heavy atom. The summed E-state index contributed by atoms with van der Waals surface area (Å²) in [4.78, 5) is 4.31. The van der Waals surface area contributed by atoms with Crippen molar-refractivity contribution >= 4 is 18.6 Å². The Bertz CT molecular complexity index is 5060. The Morgan fingerprint density at radius 1 is 0.368 bits per heavy atom. The van der Waals surface area contributed by atoms with Crippen molar-refractivity contribution in [3.8, 4) is 0 Å². The summed E-state index contributed by atoms with van der Waals surface area (Å²) in [7, 11) is 0. The minimum atomic E-state index is 0.274. The van der Waals surface area contributed by atoms with Gasteiger partial charge in [0.15, 0.2) is 24.7 Å². The zero-order valence-corrected chi connectivity index (χ0v) is 92.6. The molecule has 4 heteroatoms. The zero-order valence-electron chi connectivity index (χ0n) is 92.6. The maximum atomic E-state index is 4.31. The minimum absolute atomic E-state index is 0.274. The average molecular weight is 1840 g/mol. The van der Waals surface area contributed by atoms with Crippen LogP contribution in [0.4, 0.5) is 0 Å². The number of nitrogens with one attached hydrogen (secondary N) is 1. The maximum absolute atomic E-state index is 4.31. The van der Waals surface area contributed by atoms with E-state index in [-0.39, 0.29) is 21.7 Å². The summed E-state index contributed by atoms with van der Waals surface area (Å²) in [6, 6.07) is 0.381. The molecule has 1 N–H and O–H groups in total. The first-order valence-corrected chi connectivity index (χ1v) is 52.6. The number of hydrogen-bond acceptors (Lipinski definition) is 2. The molecule has 4 nitrogen and oxygen atoms in total. The molecule has 740 valence electrons. The second-order valence-electron chi connectivity index (χ2n) is 44.0. The first-order valence-electron chi connectivity index (χ1n) is 52.6. The van der Waals surface area contributed by atoms with E-state index in [1.165, 1.54) is 210 Å². The van der Waals surface area contributed by atoms with Crippen LogP contribution in [0.3, 0.4) is 0 Å².